The summed E-state index contributed by atoms with van der Waals surface area (Å²) < 4.78 is 42.2. The number of aliphatic hydroxyl groups excluding tert-OH is 1. The van der Waals surface area contributed by atoms with E-state index in [1.54, 1.807) is 23.2 Å². The average Bonchev–Trinajstić information content (AvgIpc) is 3.29. The lowest BCUT2D eigenvalue weighted by Crippen LogP contribution is -2.63. The van der Waals surface area contributed by atoms with Crippen molar-refractivity contribution < 1.29 is 18.3 Å². The van der Waals surface area contributed by atoms with Crippen LogP contribution in [0, 0.1) is 5.82 Å². The van der Waals surface area contributed by atoms with Crippen molar-refractivity contribution in [3.63, 3.8) is 0 Å². The Hall–Kier alpha value is -3.55. The minimum Gasteiger partial charge on any atom is -0.385 e. The molecule has 0 bridgehead atoms. The van der Waals surface area contributed by atoms with E-state index in [4.69, 9.17) is 23.1 Å². The summed E-state index contributed by atoms with van der Waals surface area (Å²) in [6, 6.07) is 4.40. The molecule has 0 aliphatic carbocycles. The summed E-state index contributed by atoms with van der Waals surface area (Å²) in [5.41, 5.74) is 13.7. The lowest BCUT2D eigenvalue weighted by molar-refractivity contribution is -0.0529. The number of aromatic nitrogens is 6. The Bertz CT molecular complexity index is 1450. The van der Waals surface area contributed by atoms with Gasteiger partial charge in [0, 0.05) is 13.1 Å². The van der Waals surface area contributed by atoms with Crippen LogP contribution in [0.25, 0.3) is 22.6 Å². The van der Waals surface area contributed by atoms with Gasteiger partial charge in [-0.15, -0.1) is 0 Å². The number of pyridine rings is 2. The van der Waals surface area contributed by atoms with Crippen molar-refractivity contribution in [2.24, 2.45) is 5.73 Å². The molecule has 10 nitrogen and oxygen atoms in total. The largest absolute Gasteiger partial charge is 0.385 e. The standard InChI is InChI=1S/C23H23ClF3N9O/c24-19-13(25)2-3-14(34-19)15-6-12(8-36-11-33-17-21(28)31-10-32-22(17)36)16(7-30-15)35-5-1-4-23(29,9-35)18(37)20(26)27/h2-3,6-7,10-11,18,20,37H,1,4-5,8-9,29H2,(H2,28,31,32)/t18-,23-/m1/s1. The molecule has 0 aromatic carbocycles. The summed E-state index contributed by atoms with van der Waals surface area (Å²) in [6.45, 7) is 0.758. The van der Waals surface area contributed by atoms with Crippen molar-refractivity contribution >= 4 is 34.3 Å². The Morgan fingerprint density at radius 3 is 2.73 bits per heavy atom. The van der Waals surface area contributed by atoms with Gasteiger partial charge >= 0.3 is 0 Å². The summed E-state index contributed by atoms with van der Waals surface area (Å²) in [5, 5.41) is 9.84. The van der Waals surface area contributed by atoms with E-state index in [1.807, 2.05) is 4.90 Å². The molecule has 5 rings (SSSR count). The fourth-order valence-corrected chi connectivity index (χ4v) is 4.76. The number of hydrogen-bond acceptors (Lipinski definition) is 9. The van der Waals surface area contributed by atoms with Crippen LogP contribution in [0.3, 0.4) is 0 Å². The summed E-state index contributed by atoms with van der Waals surface area (Å²) >= 11 is 5.88. The fourth-order valence-electron chi connectivity index (χ4n) is 4.61. The number of anilines is 2. The Balaban J connectivity index is 1.58. The van der Waals surface area contributed by atoms with Crippen molar-refractivity contribution in [3.8, 4) is 11.4 Å². The number of imidazole rings is 1. The van der Waals surface area contributed by atoms with Crippen molar-refractivity contribution in [1.82, 2.24) is 29.5 Å². The molecule has 5 N–H and O–H groups in total. The number of alkyl halides is 2. The minimum absolute atomic E-state index is 0.00699. The molecule has 5 heterocycles. The smallest absolute Gasteiger partial charge is 0.265 e. The van der Waals surface area contributed by atoms with Crippen molar-refractivity contribution in [3.05, 3.63) is 53.6 Å². The summed E-state index contributed by atoms with van der Waals surface area (Å²) in [5.74, 6) is -0.427. The van der Waals surface area contributed by atoms with Gasteiger partial charge in [0.15, 0.2) is 22.4 Å². The second kappa shape index (κ2) is 9.72. The second-order valence-corrected chi connectivity index (χ2v) is 9.37. The van der Waals surface area contributed by atoms with Crippen LogP contribution in [0.2, 0.25) is 5.15 Å². The molecule has 1 saturated heterocycles. The van der Waals surface area contributed by atoms with Gasteiger partial charge in [-0.1, -0.05) is 11.6 Å². The zero-order valence-electron chi connectivity index (χ0n) is 19.4. The number of halogens is 4. The quantitative estimate of drug-likeness (QED) is 0.318. The molecule has 0 amide bonds. The molecule has 37 heavy (non-hydrogen) atoms. The average molecular weight is 534 g/mol. The number of nitrogen functional groups attached to an aromatic ring is 1. The minimum atomic E-state index is -2.97. The van der Waals surface area contributed by atoms with Crippen LogP contribution in [0.4, 0.5) is 24.7 Å². The predicted molar refractivity (Wildman–Crippen MR) is 132 cm³/mol. The van der Waals surface area contributed by atoms with Gasteiger partial charge in [-0.05, 0) is 36.6 Å². The summed E-state index contributed by atoms with van der Waals surface area (Å²) in [7, 11) is 0. The Morgan fingerprint density at radius 1 is 1.16 bits per heavy atom. The van der Waals surface area contributed by atoms with Crippen LogP contribution >= 0.6 is 11.6 Å². The molecule has 0 radical (unpaired) electrons. The molecule has 0 unspecified atom stereocenters. The molecular formula is C23H23ClF3N9O. The summed E-state index contributed by atoms with van der Waals surface area (Å²) in [4.78, 5) is 22.9. The highest BCUT2D eigenvalue weighted by molar-refractivity contribution is 6.29. The van der Waals surface area contributed by atoms with E-state index in [0.717, 1.165) is 0 Å². The molecular weight excluding hydrogens is 511 g/mol. The number of aliphatic hydroxyl groups is 1. The number of piperidine rings is 1. The third-order valence-electron chi connectivity index (χ3n) is 6.53. The number of nitrogens with two attached hydrogens (primary N) is 2. The molecule has 0 saturated carbocycles. The maximum Gasteiger partial charge on any atom is 0.265 e. The Morgan fingerprint density at radius 2 is 1.97 bits per heavy atom. The highest BCUT2D eigenvalue weighted by Crippen LogP contribution is 2.33. The zero-order chi connectivity index (χ0) is 26.3. The van der Waals surface area contributed by atoms with Crippen molar-refractivity contribution in [2.45, 2.75) is 37.5 Å². The molecule has 2 atom stereocenters. The molecule has 194 valence electrons. The topological polar surface area (TPSA) is 145 Å². The lowest BCUT2D eigenvalue weighted by atomic mass is 9.84. The first-order valence-electron chi connectivity index (χ1n) is 11.4. The maximum atomic E-state index is 13.7. The number of fused-ring (bicyclic) bond motifs is 1. The lowest BCUT2D eigenvalue weighted by Gasteiger charge is -2.44. The fraction of sp³-hybridized carbons (Fsp3) is 0.348. The zero-order valence-corrected chi connectivity index (χ0v) is 20.2. The van der Waals surface area contributed by atoms with Gasteiger partial charge < -0.3 is 26.0 Å². The number of hydrogen-bond donors (Lipinski definition) is 3. The maximum absolute atomic E-state index is 13.7. The molecule has 1 fully saturated rings. The van der Waals surface area contributed by atoms with E-state index < -0.39 is 23.9 Å². The van der Waals surface area contributed by atoms with E-state index >= 15 is 0 Å². The highest BCUT2D eigenvalue weighted by atomic mass is 35.5. The van der Waals surface area contributed by atoms with E-state index in [0.29, 0.717) is 46.8 Å². The third kappa shape index (κ3) is 4.77. The molecule has 4 aromatic rings. The van der Waals surface area contributed by atoms with Crippen LogP contribution in [0.5, 0.6) is 0 Å². The van der Waals surface area contributed by atoms with Crippen LogP contribution in [0.1, 0.15) is 18.4 Å². The van der Waals surface area contributed by atoms with E-state index in [9.17, 15) is 18.3 Å². The molecule has 1 aliphatic heterocycles. The van der Waals surface area contributed by atoms with Crippen LogP contribution in [-0.4, -0.2) is 65.8 Å². The summed E-state index contributed by atoms with van der Waals surface area (Å²) in [6.07, 6.45) is 0.266. The van der Waals surface area contributed by atoms with Crippen LogP contribution in [-0.2, 0) is 6.54 Å². The third-order valence-corrected chi connectivity index (χ3v) is 6.79. The molecule has 0 spiro atoms. The van der Waals surface area contributed by atoms with Crippen molar-refractivity contribution in [1.29, 1.82) is 0 Å². The van der Waals surface area contributed by atoms with Crippen LogP contribution < -0.4 is 16.4 Å². The van der Waals surface area contributed by atoms with Crippen molar-refractivity contribution in [2.75, 3.05) is 23.7 Å². The Kier molecular flexibility index (Phi) is 6.60. The number of rotatable bonds is 6. The van der Waals surface area contributed by atoms with Gasteiger partial charge in [0.1, 0.15) is 17.9 Å². The normalized spacial score (nSPS) is 19.1. The van der Waals surface area contributed by atoms with Gasteiger partial charge in [0.05, 0.1) is 41.7 Å². The first kappa shape index (κ1) is 25.1. The van der Waals surface area contributed by atoms with Gasteiger partial charge in [-0.3, -0.25) is 4.98 Å². The SMILES string of the molecule is Nc1ncnc2c1ncn2Cc1cc(-c2ccc(F)c(Cl)n2)ncc1N1CCC[C@](N)([C@H](O)C(F)F)C1. The monoisotopic (exact) mass is 533 g/mol. The van der Waals surface area contributed by atoms with E-state index in [1.165, 1.54) is 18.5 Å². The molecule has 1 aliphatic rings. The predicted octanol–water partition coefficient (Wildman–Crippen LogP) is 2.63. The molecule has 4 aromatic heterocycles. The van der Waals surface area contributed by atoms with Gasteiger partial charge in [0.25, 0.3) is 6.43 Å². The van der Waals surface area contributed by atoms with Gasteiger partial charge in [-0.2, -0.15) is 0 Å². The van der Waals surface area contributed by atoms with E-state index in [2.05, 4.69) is 24.9 Å². The van der Waals surface area contributed by atoms with E-state index in [-0.39, 0.29) is 30.5 Å². The number of nitrogens with zero attached hydrogens (tertiary/aromatic N) is 7. The highest BCUT2D eigenvalue weighted by Gasteiger charge is 2.43. The molecule has 14 heteroatoms. The van der Waals surface area contributed by atoms with Gasteiger partial charge in [-0.25, -0.2) is 33.1 Å². The Labute approximate surface area is 214 Å². The van der Waals surface area contributed by atoms with Crippen LogP contribution in [0.15, 0.2) is 37.1 Å². The first-order chi connectivity index (χ1) is 17.7. The second-order valence-electron chi connectivity index (χ2n) is 9.01. The van der Waals surface area contributed by atoms with Gasteiger partial charge in [0.2, 0.25) is 0 Å². The first-order valence-corrected chi connectivity index (χ1v) is 11.8.